The van der Waals surface area contributed by atoms with Crippen LogP contribution in [0.4, 0.5) is 4.79 Å². The van der Waals surface area contributed by atoms with Gasteiger partial charge in [-0.2, -0.15) is 4.98 Å². The van der Waals surface area contributed by atoms with Crippen LogP contribution in [0.1, 0.15) is 83.0 Å². The van der Waals surface area contributed by atoms with Crippen LogP contribution in [0.5, 0.6) is 0 Å². The molecule has 1 heterocycles. The minimum atomic E-state index is -0.350. The molecule has 1 saturated carbocycles. The van der Waals surface area contributed by atoms with Crippen LogP contribution in [-0.2, 0) is 0 Å². The topological polar surface area (TPSA) is 100 Å². The molecule has 2 amide bonds. The maximum Gasteiger partial charge on any atom is 0.315 e. The van der Waals surface area contributed by atoms with Crippen molar-refractivity contribution in [1.82, 2.24) is 20.8 Å². The van der Waals surface area contributed by atoms with Gasteiger partial charge in [-0.1, -0.05) is 38.3 Å². The van der Waals surface area contributed by atoms with Gasteiger partial charge in [-0.15, -0.1) is 0 Å². The van der Waals surface area contributed by atoms with Crippen LogP contribution < -0.4 is 10.6 Å². The van der Waals surface area contributed by atoms with E-state index in [1.165, 1.54) is 19.3 Å². The first-order chi connectivity index (χ1) is 11.5. The molecule has 1 aromatic heterocycles. The summed E-state index contributed by atoms with van der Waals surface area (Å²) in [5.74, 6) is 1.83. The van der Waals surface area contributed by atoms with Gasteiger partial charge in [0.15, 0.2) is 5.82 Å². The summed E-state index contributed by atoms with van der Waals surface area (Å²) in [4.78, 5) is 16.6. The van der Waals surface area contributed by atoms with Crippen molar-refractivity contribution in [2.24, 2.45) is 5.92 Å². The van der Waals surface area contributed by atoms with Crippen molar-refractivity contribution in [3.05, 3.63) is 11.7 Å². The van der Waals surface area contributed by atoms with Crippen LogP contribution in [0.2, 0.25) is 0 Å². The van der Waals surface area contributed by atoms with Crippen LogP contribution in [-0.4, -0.2) is 33.9 Å². The fourth-order valence-electron chi connectivity index (χ4n) is 3.13. The summed E-state index contributed by atoms with van der Waals surface area (Å²) in [5.41, 5.74) is 0. The van der Waals surface area contributed by atoms with Gasteiger partial charge >= 0.3 is 6.03 Å². The fourth-order valence-corrected chi connectivity index (χ4v) is 3.13. The number of aliphatic hydroxyl groups excluding tert-OH is 1. The Kier molecular flexibility index (Phi) is 7.02. The summed E-state index contributed by atoms with van der Waals surface area (Å²) in [6.45, 7) is 5.90. The number of carbonyl (C=O) groups excluding carboxylic acids is 1. The molecule has 0 aromatic carbocycles. The molecular weight excluding hydrogens is 308 g/mol. The van der Waals surface area contributed by atoms with Crippen molar-refractivity contribution in [2.45, 2.75) is 77.3 Å². The molecule has 0 saturated heterocycles. The zero-order chi connectivity index (χ0) is 17.5. The van der Waals surface area contributed by atoms with Gasteiger partial charge in [0.25, 0.3) is 0 Å². The molecule has 2 rings (SSSR count). The van der Waals surface area contributed by atoms with Crippen LogP contribution in [0.25, 0.3) is 0 Å². The second kappa shape index (κ2) is 9.01. The number of hydrogen-bond donors (Lipinski definition) is 3. The van der Waals surface area contributed by atoms with Crippen molar-refractivity contribution >= 4 is 6.03 Å². The number of hydrogen-bond acceptors (Lipinski definition) is 5. The van der Waals surface area contributed by atoms with Gasteiger partial charge in [-0.3, -0.25) is 0 Å². The Morgan fingerprint density at radius 2 is 1.96 bits per heavy atom. The molecule has 2 atom stereocenters. The summed E-state index contributed by atoms with van der Waals surface area (Å²) >= 11 is 0. The monoisotopic (exact) mass is 338 g/mol. The Hall–Kier alpha value is -1.63. The molecule has 2 unspecified atom stereocenters. The minimum Gasteiger partial charge on any atom is -0.396 e. The van der Waals surface area contributed by atoms with Gasteiger partial charge in [0.2, 0.25) is 5.89 Å². The minimum absolute atomic E-state index is 0.0487. The average Bonchev–Trinajstić information content (AvgIpc) is 3.05. The van der Waals surface area contributed by atoms with E-state index in [1.54, 1.807) is 0 Å². The third kappa shape index (κ3) is 5.19. The van der Waals surface area contributed by atoms with Crippen LogP contribution in [0, 0.1) is 5.92 Å². The highest BCUT2D eigenvalue weighted by molar-refractivity contribution is 5.74. The highest BCUT2D eigenvalue weighted by Gasteiger charge is 2.24. The molecular formula is C17H30N4O3. The van der Waals surface area contributed by atoms with Crippen molar-refractivity contribution < 1.29 is 14.4 Å². The maximum absolute atomic E-state index is 12.1. The van der Waals surface area contributed by atoms with E-state index in [-0.39, 0.29) is 30.6 Å². The van der Waals surface area contributed by atoms with E-state index >= 15 is 0 Å². The number of aliphatic hydroxyl groups is 1. The summed E-state index contributed by atoms with van der Waals surface area (Å²) in [6.07, 6.45) is 6.46. The van der Waals surface area contributed by atoms with Crippen molar-refractivity contribution in [3.8, 4) is 0 Å². The lowest BCUT2D eigenvalue weighted by atomic mass is 9.89. The van der Waals surface area contributed by atoms with E-state index < -0.39 is 0 Å². The predicted octanol–water partition coefficient (Wildman–Crippen LogP) is 2.88. The summed E-state index contributed by atoms with van der Waals surface area (Å²) in [5, 5.41) is 18.9. The predicted molar refractivity (Wildman–Crippen MR) is 90.5 cm³/mol. The fraction of sp³-hybridized carbons (Fsp3) is 0.824. The van der Waals surface area contributed by atoms with E-state index in [0.29, 0.717) is 18.2 Å². The Labute approximate surface area is 143 Å². The highest BCUT2D eigenvalue weighted by atomic mass is 16.5. The zero-order valence-corrected chi connectivity index (χ0v) is 14.9. The van der Waals surface area contributed by atoms with Crippen LogP contribution >= 0.6 is 0 Å². The molecule has 0 radical (unpaired) electrons. The van der Waals surface area contributed by atoms with Gasteiger partial charge in [-0.25, -0.2) is 4.79 Å². The van der Waals surface area contributed by atoms with Gasteiger partial charge in [0.05, 0.1) is 0 Å². The number of urea groups is 1. The third-order valence-corrected chi connectivity index (χ3v) is 4.71. The molecule has 0 aliphatic heterocycles. The third-order valence-electron chi connectivity index (χ3n) is 4.71. The molecule has 136 valence electrons. The summed E-state index contributed by atoms with van der Waals surface area (Å²) in [7, 11) is 0. The smallest absolute Gasteiger partial charge is 0.315 e. The first-order valence-electron chi connectivity index (χ1n) is 9.02. The lowest BCUT2D eigenvalue weighted by Gasteiger charge is -2.22. The van der Waals surface area contributed by atoms with Crippen LogP contribution in [0.3, 0.4) is 0 Å². The normalized spacial score (nSPS) is 18.4. The number of carbonyl (C=O) groups is 1. The highest BCUT2D eigenvalue weighted by Crippen LogP contribution is 2.31. The van der Waals surface area contributed by atoms with E-state index in [2.05, 4.69) is 20.8 Å². The molecule has 7 heteroatoms. The summed E-state index contributed by atoms with van der Waals surface area (Å²) in [6, 6.07) is -0.702. The Bertz CT molecular complexity index is 512. The van der Waals surface area contributed by atoms with E-state index in [4.69, 9.17) is 9.63 Å². The number of aromatic nitrogens is 2. The van der Waals surface area contributed by atoms with Crippen LogP contribution in [0.15, 0.2) is 4.52 Å². The van der Waals surface area contributed by atoms with E-state index in [0.717, 1.165) is 18.7 Å². The first-order valence-corrected chi connectivity index (χ1v) is 9.02. The molecule has 1 aromatic rings. The number of amides is 2. The van der Waals surface area contributed by atoms with Gasteiger partial charge in [0, 0.05) is 18.6 Å². The standard InChI is InChI=1S/C17H30N4O3/c1-11(2)14(9-10-22)19-17(23)18-12(3)16-20-15(21-24-16)13-7-5-4-6-8-13/h11-14,22H,4-10H2,1-3H3,(H2,18,19,23). The Morgan fingerprint density at radius 1 is 1.25 bits per heavy atom. The number of nitrogens with zero attached hydrogens (tertiary/aromatic N) is 2. The largest absolute Gasteiger partial charge is 0.396 e. The molecule has 7 nitrogen and oxygen atoms in total. The van der Waals surface area contributed by atoms with Gasteiger partial charge in [0.1, 0.15) is 6.04 Å². The zero-order valence-electron chi connectivity index (χ0n) is 14.9. The van der Waals surface area contributed by atoms with Crippen molar-refractivity contribution in [3.63, 3.8) is 0 Å². The molecule has 0 bridgehead atoms. The van der Waals surface area contributed by atoms with Gasteiger partial charge < -0.3 is 20.3 Å². The second-order valence-electron chi connectivity index (χ2n) is 7.03. The molecule has 1 aliphatic rings. The quantitative estimate of drug-likeness (QED) is 0.710. The summed E-state index contributed by atoms with van der Waals surface area (Å²) < 4.78 is 5.34. The molecule has 0 spiro atoms. The van der Waals surface area contributed by atoms with Crippen molar-refractivity contribution in [2.75, 3.05) is 6.61 Å². The molecule has 24 heavy (non-hydrogen) atoms. The lowest BCUT2D eigenvalue weighted by Crippen LogP contribution is -2.45. The Morgan fingerprint density at radius 3 is 2.58 bits per heavy atom. The maximum atomic E-state index is 12.1. The van der Waals surface area contributed by atoms with Crippen molar-refractivity contribution in [1.29, 1.82) is 0 Å². The second-order valence-corrected chi connectivity index (χ2v) is 7.03. The molecule has 3 N–H and O–H groups in total. The molecule has 1 fully saturated rings. The number of rotatable bonds is 7. The van der Waals surface area contributed by atoms with E-state index in [1.807, 2.05) is 20.8 Å². The van der Waals surface area contributed by atoms with Gasteiger partial charge in [-0.05, 0) is 32.1 Å². The lowest BCUT2D eigenvalue weighted by molar-refractivity contribution is 0.214. The first kappa shape index (κ1) is 18.7. The average molecular weight is 338 g/mol. The SMILES string of the molecule is CC(NC(=O)NC(CCO)C(C)C)c1nc(C2CCCCC2)no1. The Balaban J connectivity index is 1.88. The number of nitrogens with one attached hydrogen (secondary N) is 2. The van der Waals surface area contributed by atoms with E-state index in [9.17, 15) is 4.79 Å². The molecule has 1 aliphatic carbocycles.